The van der Waals surface area contributed by atoms with Crippen LogP contribution >= 0.6 is 0 Å². The molecule has 0 saturated carbocycles. The van der Waals surface area contributed by atoms with Gasteiger partial charge in [-0.25, -0.2) is 0 Å². The third kappa shape index (κ3) is 4.19. The summed E-state index contributed by atoms with van der Waals surface area (Å²) >= 11 is 0. The van der Waals surface area contributed by atoms with Gasteiger partial charge >= 0.3 is 0 Å². The number of hydrogen-bond donors (Lipinski definition) is 1. The van der Waals surface area contributed by atoms with Crippen LogP contribution in [-0.2, 0) is 6.42 Å². The highest BCUT2D eigenvalue weighted by molar-refractivity contribution is 5.25. The molecule has 0 aliphatic rings. The van der Waals surface area contributed by atoms with Gasteiger partial charge in [-0.3, -0.25) is 0 Å². The van der Waals surface area contributed by atoms with Crippen LogP contribution in [0.15, 0.2) is 60.7 Å². The lowest BCUT2D eigenvalue weighted by Crippen LogP contribution is -2.32. The number of aliphatic hydroxyl groups is 1. The molecule has 2 aromatic carbocycles. The van der Waals surface area contributed by atoms with E-state index < -0.39 is 0 Å². The number of benzene rings is 2. The molecule has 106 valence electrons. The summed E-state index contributed by atoms with van der Waals surface area (Å²) in [4.78, 5) is 2.03. The predicted octanol–water partition coefficient (Wildman–Crippen LogP) is 2.94. The molecule has 2 heteroatoms. The molecular weight excluding hydrogens is 246 g/mol. The summed E-state index contributed by atoms with van der Waals surface area (Å²) in [6.07, 6.45) is 0.493. The Bertz CT molecular complexity index is 495. The van der Waals surface area contributed by atoms with Crippen LogP contribution in [-0.4, -0.2) is 36.8 Å². The molecule has 0 fully saturated rings. The second-order valence-corrected chi connectivity index (χ2v) is 5.54. The van der Waals surface area contributed by atoms with Crippen molar-refractivity contribution in [2.24, 2.45) is 0 Å². The van der Waals surface area contributed by atoms with Crippen LogP contribution in [0, 0.1) is 0 Å². The van der Waals surface area contributed by atoms with Crippen molar-refractivity contribution in [2.45, 2.75) is 18.4 Å². The summed E-state index contributed by atoms with van der Waals surface area (Å²) in [5.41, 5.74) is 2.46. The monoisotopic (exact) mass is 269 g/mol. The summed E-state index contributed by atoms with van der Waals surface area (Å²) in [5.74, 6) is 0.126. The molecule has 0 amide bonds. The topological polar surface area (TPSA) is 23.5 Å². The van der Waals surface area contributed by atoms with E-state index in [1.165, 1.54) is 11.1 Å². The van der Waals surface area contributed by atoms with E-state index in [1.54, 1.807) is 0 Å². The molecule has 0 aromatic heterocycles. The van der Waals surface area contributed by atoms with Crippen molar-refractivity contribution in [3.8, 4) is 0 Å². The van der Waals surface area contributed by atoms with Crippen molar-refractivity contribution in [1.29, 1.82) is 0 Å². The smallest absolute Gasteiger partial charge is 0.0738 e. The number of rotatable bonds is 6. The molecule has 2 rings (SSSR count). The van der Waals surface area contributed by atoms with Gasteiger partial charge in [-0.1, -0.05) is 60.7 Å². The molecule has 2 nitrogen and oxygen atoms in total. The highest BCUT2D eigenvalue weighted by atomic mass is 16.3. The van der Waals surface area contributed by atoms with E-state index in [2.05, 4.69) is 36.4 Å². The average Bonchev–Trinajstić information content (AvgIpc) is 2.46. The second kappa shape index (κ2) is 7.22. The van der Waals surface area contributed by atoms with Crippen molar-refractivity contribution in [2.75, 3.05) is 20.6 Å². The van der Waals surface area contributed by atoms with Gasteiger partial charge in [0.25, 0.3) is 0 Å². The minimum atomic E-state index is -0.368. The first-order chi connectivity index (χ1) is 9.66. The van der Waals surface area contributed by atoms with Gasteiger partial charge in [-0.2, -0.15) is 0 Å². The quantitative estimate of drug-likeness (QED) is 0.871. The number of aliphatic hydroxyl groups excluding tert-OH is 1. The Morgan fingerprint density at radius 3 is 2.00 bits per heavy atom. The fraction of sp³-hybridized carbons (Fsp3) is 0.333. The number of nitrogens with zero attached hydrogens (tertiary/aromatic N) is 1. The van der Waals surface area contributed by atoms with Gasteiger partial charge in [0.2, 0.25) is 0 Å². The third-order valence-electron chi connectivity index (χ3n) is 3.54. The molecule has 2 atom stereocenters. The van der Waals surface area contributed by atoms with Crippen LogP contribution in [0.25, 0.3) is 0 Å². The zero-order valence-electron chi connectivity index (χ0n) is 12.2. The molecule has 0 radical (unpaired) electrons. The van der Waals surface area contributed by atoms with Crippen molar-refractivity contribution >= 4 is 0 Å². The second-order valence-electron chi connectivity index (χ2n) is 5.54. The molecule has 0 aliphatic heterocycles. The van der Waals surface area contributed by atoms with Gasteiger partial charge in [-0.05, 0) is 31.6 Å². The Balaban J connectivity index is 2.20. The molecule has 2 unspecified atom stereocenters. The van der Waals surface area contributed by atoms with Crippen LogP contribution in [0.5, 0.6) is 0 Å². The van der Waals surface area contributed by atoms with Gasteiger partial charge in [-0.15, -0.1) is 0 Å². The number of likely N-dealkylation sites (N-methyl/N-ethyl adjacent to an activating group) is 1. The highest BCUT2D eigenvalue weighted by Gasteiger charge is 2.21. The maximum absolute atomic E-state index is 10.6. The van der Waals surface area contributed by atoms with E-state index in [9.17, 15) is 5.11 Å². The Hall–Kier alpha value is -1.64. The molecule has 1 N–H and O–H groups in total. The maximum Gasteiger partial charge on any atom is 0.0738 e. The molecule has 2 aromatic rings. The summed E-state index contributed by atoms with van der Waals surface area (Å²) in [7, 11) is 3.99. The van der Waals surface area contributed by atoms with Gasteiger partial charge in [0.05, 0.1) is 6.10 Å². The molecule has 0 bridgehead atoms. The summed E-state index contributed by atoms with van der Waals surface area (Å²) in [5, 5.41) is 10.6. The first-order valence-electron chi connectivity index (χ1n) is 7.08. The Morgan fingerprint density at radius 1 is 0.900 bits per heavy atom. The Labute approximate surface area is 121 Å². The van der Waals surface area contributed by atoms with Gasteiger partial charge in [0.15, 0.2) is 0 Å². The molecule has 0 saturated heterocycles. The van der Waals surface area contributed by atoms with Crippen molar-refractivity contribution in [1.82, 2.24) is 4.90 Å². The largest absolute Gasteiger partial charge is 0.391 e. The molecular formula is C18H23NO. The SMILES string of the molecule is CN(C)CC(O)C(Cc1ccccc1)c1ccccc1. The van der Waals surface area contributed by atoms with E-state index in [0.717, 1.165) is 6.42 Å². The van der Waals surface area contributed by atoms with Gasteiger partial charge in [0, 0.05) is 12.5 Å². The van der Waals surface area contributed by atoms with E-state index in [1.807, 2.05) is 43.3 Å². The van der Waals surface area contributed by atoms with Crippen molar-refractivity contribution < 1.29 is 5.11 Å². The fourth-order valence-corrected chi connectivity index (χ4v) is 2.55. The standard InChI is InChI=1S/C18H23NO/c1-19(2)14-18(20)17(16-11-7-4-8-12-16)13-15-9-5-3-6-10-15/h3-12,17-18,20H,13-14H2,1-2H3. The lowest BCUT2D eigenvalue weighted by molar-refractivity contribution is 0.109. The molecule has 0 aliphatic carbocycles. The van der Waals surface area contributed by atoms with E-state index in [0.29, 0.717) is 6.54 Å². The van der Waals surface area contributed by atoms with Crippen LogP contribution in [0.4, 0.5) is 0 Å². The first-order valence-corrected chi connectivity index (χ1v) is 7.08. The summed E-state index contributed by atoms with van der Waals surface area (Å²) in [6.45, 7) is 0.673. The van der Waals surface area contributed by atoms with Crippen LogP contribution in [0.1, 0.15) is 17.0 Å². The minimum Gasteiger partial charge on any atom is -0.391 e. The fourth-order valence-electron chi connectivity index (χ4n) is 2.55. The minimum absolute atomic E-state index is 0.126. The van der Waals surface area contributed by atoms with Gasteiger partial charge in [0.1, 0.15) is 0 Å². The van der Waals surface area contributed by atoms with Crippen molar-refractivity contribution in [3.63, 3.8) is 0 Å². The zero-order valence-corrected chi connectivity index (χ0v) is 12.2. The van der Waals surface area contributed by atoms with Crippen molar-refractivity contribution in [3.05, 3.63) is 71.8 Å². The zero-order chi connectivity index (χ0) is 14.4. The lowest BCUT2D eigenvalue weighted by Gasteiger charge is -2.26. The summed E-state index contributed by atoms with van der Waals surface area (Å²) in [6, 6.07) is 20.7. The molecule has 0 spiro atoms. The molecule has 0 heterocycles. The third-order valence-corrected chi connectivity index (χ3v) is 3.54. The highest BCUT2D eigenvalue weighted by Crippen LogP contribution is 2.25. The van der Waals surface area contributed by atoms with E-state index in [4.69, 9.17) is 0 Å². The van der Waals surface area contributed by atoms with E-state index in [-0.39, 0.29) is 12.0 Å². The van der Waals surface area contributed by atoms with Crippen LogP contribution in [0.2, 0.25) is 0 Å². The van der Waals surface area contributed by atoms with E-state index >= 15 is 0 Å². The van der Waals surface area contributed by atoms with Crippen LogP contribution in [0.3, 0.4) is 0 Å². The average molecular weight is 269 g/mol. The maximum atomic E-state index is 10.6. The number of hydrogen-bond acceptors (Lipinski definition) is 2. The lowest BCUT2D eigenvalue weighted by atomic mass is 9.87. The van der Waals surface area contributed by atoms with Gasteiger partial charge < -0.3 is 10.0 Å². The van der Waals surface area contributed by atoms with Crippen LogP contribution < -0.4 is 0 Å². The summed E-state index contributed by atoms with van der Waals surface area (Å²) < 4.78 is 0. The molecule has 20 heavy (non-hydrogen) atoms. The normalized spacial score (nSPS) is 14.2. The predicted molar refractivity (Wildman–Crippen MR) is 83.9 cm³/mol. The Morgan fingerprint density at radius 2 is 1.45 bits per heavy atom. The Kier molecular flexibility index (Phi) is 5.33. The first kappa shape index (κ1) is 14.8.